The predicted octanol–water partition coefficient (Wildman–Crippen LogP) is -2.76. The first-order chi connectivity index (χ1) is 15.0. The lowest BCUT2D eigenvalue weighted by Crippen LogP contribution is -2.60. The smallest absolute Gasteiger partial charge is 0.328 e. The number of nitrogens with two attached hydrogens (primary N) is 1. The van der Waals surface area contributed by atoms with Gasteiger partial charge < -0.3 is 42.0 Å². The first-order valence-corrected chi connectivity index (χ1v) is 10.1. The van der Waals surface area contributed by atoms with Gasteiger partial charge in [-0.15, -0.1) is 0 Å². The van der Waals surface area contributed by atoms with Crippen molar-refractivity contribution in [1.82, 2.24) is 25.9 Å². The Morgan fingerprint density at radius 1 is 1.06 bits per heavy atom. The van der Waals surface area contributed by atoms with Gasteiger partial charge >= 0.3 is 5.97 Å². The zero-order valence-electron chi connectivity index (χ0n) is 18.2. The first kappa shape index (κ1) is 27.0. The highest BCUT2D eigenvalue weighted by Crippen LogP contribution is 2.05. The van der Waals surface area contributed by atoms with Crippen LogP contribution in [0.4, 0.5) is 0 Å². The lowest BCUT2D eigenvalue weighted by Gasteiger charge is -2.26. The van der Waals surface area contributed by atoms with Crippen molar-refractivity contribution in [3.63, 3.8) is 0 Å². The minimum atomic E-state index is -1.58. The summed E-state index contributed by atoms with van der Waals surface area (Å²) in [6.07, 6.45) is 1.72. The molecule has 180 valence electrons. The molecule has 1 aromatic heterocycles. The third kappa shape index (κ3) is 8.61. The van der Waals surface area contributed by atoms with Crippen LogP contribution in [0.2, 0.25) is 0 Å². The molecule has 0 spiro atoms. The van der Waals surface area contributed by atoms with E-state index in [9.17, 15) is 24.3 Å². The number of carboxylic acids is 1. The number of carbonyl (C=O) groups excluding carboxylic acids is 3. The zero-order valence-corrected chi connectivity index (χ0v) is 18.2. The fraction of sp³-hybridized carbons (Fsp3) is 0.632. The number of aliphatic hydroxyl groups excluding tert-OH is 2. The summed E-state index contributed by atoms with van der Waals surface area (Å²) in [6.45, 7) is 4.18. The molecule has 1 aromatic rings. The third-order valence-electron chi connectivity index (χ3n) is 4.53. The molecule has 13 nitrogen and oxygen atoms in total. The molecule has 32 heavy (non-hydrogen) atoms. The highest BCUT2D eigenvalue weighted by molar-refractivity contribution is 5.94. The van der Waals surface area contributed by atoms with Crippen molar-refractivity contribution >= 4 is 23.7 Å². The molecule has 1 heterocycles. The monoisotopic (exact) mass is 456 g/mol. The van der Waals surface area contributed by atoms with E-state index in [2.05, 4.69) is 25.9 Å². The summed E-state index contributed by atoms with van der Waals surface area (Å²) >= 11 is 0. The molecule has 1 rings (SSSR count). The molecule has 0 fully saturated rings. The predicted molar refractivity (Wildman–Crippen MR) is 112 cm³/mol. The van der Waals surface area contributed by atoms with Gasteiger partial charge in [-0.3, -0.25) is 14.4 Å². The molecule has 5 unspecified atom stereocenters. The van der Waals surface area contributed by atoms with Crippen LogP contribution in [0.25, 0.3) is 0 Å². The molecule has 0 radical (unpaired) electrons. The number of imidazole rings is 1. The number of aliphatic carboxylic acids is 1. The minimum Gasteiger partial charge on any atom is -0.480 e. The van der Waals surface area contributed by atoms with Crippen LogP contribution >= 0.6 is 0 Å². The Bertz CT molecular complexity index is 768. The van der Waals surface area contributed by atoms with E-state index in [4.69, 9.17) is 15.9 Å². The Hall–Kier alpha value is -3.03. The van der Waals surface area contributed by atoms with Crippen molar-refractivity contribution in [2.24, 2.45) is 11.7 Å². The Morgan fingerprint density at radius 2 is 1.69 bits per heavy atom. The highest BCUT2D eigenvalue weighted by atomic mass is 16.4. The lowest BCUT2D eigenvalue weighted by atomic mass is 10.0. The molecule has 13 heteroatoms. The summed E-state index contributed by atoms with van der Waals surface area (Å²) in [4.78, 5) is 55.4. The number of rotatable bonds is 13. The van der Waals surface area contributed by atoms with Crippen LogP contribution in [-0.2, 0) is 25.6 Å². The van der Waals surface area contributed by atoms with Gasteiger partial charge in [-0.2, -0.15) is 0 Å². The summed E-state index contributed by atoms with van der Waals surface area (Å²) in [5, 5.41) is 35.1. The van der Waals surface area contributed by atoms with Crippen molar-refractivity contribution in [1.29, 1.82) is 0 Å². The van der Waals surface area contributed by atoms with E-state index in [1.165, 1.54) is 19.4 Å². The Morgan fingerprint density at radius 3 is 2.16 bits per heavy atom. The first-order valence-electron chi connectivity index (χ1n) is 10.1. The third-order valence-corrected chi connectivity index (χ3v) is 4.53. The van der Waals surface area contributed by atoms with Crippen molar-refractivity contribution < 1.29 is 34.5 Å². The number of nitrogens with zero attached hydrogens (tertiary/aromatic N) is 1. The van der Waals surface area contributed by atoms with Crippen molar-refractivity contribution in [3.05, 3.63) is 18.2 Å². The van der Waals surface area contributed by atoms with E-state index >= 15 is 0 Å². The van der Waals surface area contributed by atoms with Crippen molar-refractivity contribution in [2.75, 3.05) is 6.61 Å². The molecule has 0 saturated carbocycles. The maximum Gasteiger partial charge on any atom is 0.328 e. The zero-order chi connectivity index (χ0) is 24.4. The summed E-state index contributed by atoms with van der Waals surface area (Å²) < 4.78 is 0. The van der Waals surface area contributed by atoms with Gasteiger partial charge in [-0.05, 0) is 19.3 Å². The van der Waals surface area contributed by atoms with Crippen molar-refractivity contribution in [2.45, 2.75) is 63.9 Å². The van der Waals surface area contributed by atoms with Gasteiger partial charge in [-0.1, -0.05) is 13.8 Å². The number of carboxylic acid groups (broad SMARTS) is 1. The number of hydrogen-bond acceptors (Lipinski definition) is 8. The van der Waals surface area contributed by atoms with Crippen molar-refractivity contribution in [3.8, 4) is 0 Å². The van der Waals surface area contributed by atoms with Gasteiger partial charge in [0.05, 0.1) is 25.1 Å². The summed E-state index contributed by atoms with van der Waals surface area (Å²) in [5.41, 5.74) is 6.28. The van der Waals surface area contributed by atoms with E-state index in [1.54, 1.807) is 0 Å². The van der Waals surface area contributed by atoms with E-state index in [0.29, 0.717) is 12.1 Å². The normalized spacial score (nSPS) is 15.8. The Kier molecular flexibility index (Phi) is 10.7. The van der Waals surface area contributed by atoms with Crippen LogP contribution in [0.3, 0.4) is 0 Å². The second-order valence-corrected chi connectivity index (χ2v) is 7.89. The van der Waals surface area contributed by atoms with Gasteiger partial charge in [0, 0.05) is 18.3 Å². The molecule has 0 aliphatic rings. The fourth-order valence-corrected chi connectivity index (χ4v) is 2.83. The molecule has 0 bridgehead atoms. The second kappa shape index (κ2) is 12.7. The number of aromatic nitrogens is 2. The van der Waals surface area contributed by atoms with Crippen LogP contribution < -0.4 is 21.7 Å². The number of aliphatic hydroxyl groups is 2. The molecule has 0 aliphatic carbocycles. The van der Waals surface area contributed by atoms with Gasteiger partial charge in [0.25, 0.3) is 0 Å². The molecule has 9 N–H and O–H groups in total. The molecule has 0 aromatic carbocycles. The standard InChI is InChI=1S/C19H32N6O7/c1-9(2)4-12(20)16(28)25-15(10(3)27)18(30)23-13(5-11-6-21-8-22-11)17(29)24-14(7-26)19(31)32/h6,8-10,12-15,26-27H,4-5,7,20H2,1-3H3,(H,21,22)(H,23,30)(H,24,29)(H,25,28)(H,31,32). The number of aromatic amines is 1. The molecule has 3 amide bonds. The topological polar surface area (TPSA) is 220 Å². The van der Waals surface area contributed by atoms with Gasteiger partial charge in [0.15, 0.2) is 0 Å². The number of H-pyrrole nitrogens is 1. The molecular formula is C19H32N6O7. The lowest BCUT2D eigenvalue weighted by molar-refractivity contribution is -0.143. The summed E-state index contributed by atoms with van der Waals surface area (Å²) in [5.74, 6) is -3.73. The Labute approximate surface area is 185 Å². The average molecular weight is 457 g/mol. The SMILES string of the molecule is CC(C)CC(N)C(=O)NC(C(=O)NC(Cc1cnc[nH]1)C(=O)NC(CO)C(=O)O)C(C)O. The van der Waals surface area contributed by atoms with Crippen LogP contribution in [0.5, 0.6) is 0 Å². The molecule has 0 saturated heterocycles. The quantitative estimate of drug-likeness (QED) is 0.154. The number of carbonyl (C=O) groups is 4. The van der Waals surface area contributed by atoms with Gasteiger partial charge in [0.1, 0.15) is 18.1 Å². The second-order valence-electron chi connectivity index (χ2n) is 7.89. The van der Waals surface area contributed by atoms with E-state index in [1.807, 2.05) is 13.8 Å². The van der Waals surface area contributed by atoms with Crippen LogP contribution in [0.15, 0.2) is 12.5 Å². The maximum absolute atomic E-state index is 12.8. The minimum absolute atomic E-state index is 0.0946. The van der Waals surface area contributed by atoms with Crippen LogP contribution in [0.1, 0.15) is 32.9 Å². The number of hydrogen-bond donors (Lipinski definition) is 8. The summed E-state index contributed by atoms with van der Waals surface area (Å²) in [6, 6.07) is -5.18. The van der Waals surface area contributed by atoms with E-state index in [0.717, 1.165) is 0 Å². The molecule has 0 aliphatic heterocycles. The van der Waals surface area contributed by atoms with Gasteiger partial charge in [-0.25, -0.2) is 9.78 Å². The van der Waals surface area contributed by atoms with Crippen LogP contribution in [-0.4, -0.2) is 85.9 Å². The highest BCUT2D eigenvalue weighted by Gasteiger charge is 2.32. The maximum atomic E-state index is 12.8. The van der Waals surface area contributed by atoms with Gasteiger partial charge in [0.2, 0.25) is 17.7 Å². The summed E-state index contributed by atoms with van der Waals surface area (Å²) in [7, 11) is 0. The molecular weight excluding hydrogens is 424 g/mol. The Balaban J connectivity index is 2.98. The number of nitrogens with one attached hydrogen (secondary N) is 4. The largest absolute Gasteiger partial charge is 0.480 e. The van der Waals surface area contributed by atoms with E-state index in [-0.39, 0.29) is 12.3 Å². The van der Waals surface area contributed by atoms with E-state index < -0.39 is 60.6 Å². The fourth-order valence-electron chi connectivity index (χ4n) is 2.83. The van der Waals surface area contributed by atoms with Crippen LogP contribution in [0, 0.1) is 5.92 Å². The number of amides is 3. The average Bonchev–Trinajstić information content (AvgIpc) is 3.21. The molecule has 5 atom stereocenters.